The Kier molecular flexibility index (Phi) is 7.09. The second-order valence-electron chi connectivity index (χ2n) is 17.7. The summed E-state index contributed by atoms with van der Waals surface area (Å²) in [6.45, 7) is 4.86. The average Bonchev–Trinajstić information content (AvgIpc) is 3.25. The van der Waals surface area contributed by atoms with Gasteiger partial charge in [-0.2, -0.15) is 0 Å². The molecular formula is C52H44N4O. The summed E-state index contributed by atoms with van der Waals surface area (Å²) >= 11 is 0. The third-order valence-corrected chi connectivity index (χ3v) is 14.4. The van der Waals surface area contributed by atoms with Crippen LogP contribution in [0.2, 0.25) is 0 Å². The molecule has 4 fully saturated rings. The van der Waals surface area contributed by atoms with Crippen LogP contribution in [0, 0.1) is 23.7 Å². The van der Waals surface area contributed by atoms with Crippen molar-refractivity contribution in [2.75, 3.05) is 4.90 Å². The molecule has 4 bridgehead atoms. The van der Waals surface area contributed by atoms with Gasteiger partial charge >= 0.3 is 0 Å². The third kappa shape index (κ3) is 4.84. The molecule has 0 unspecified atom stereocenters. The maximum absolute atomic E-state index is 6.29. The molecule has 1 aromatic heterocycles. The molecule has 13 rings (SSSR count). The van der Waals surface area contributed by atoms with Crippen molar-refractivity contribution in [3.05, 3.63) is 168 Å². The van der Waals surface area contributed by atoms with Crippen LogP contribution in [-0.4, -0.2) is 15.0 Å². The van der Waals surface area contributed by atoms with E-state index in [2.05, 4.69) is 134 Å². The number of rotatable bonds is 4. The van der Waals surface area contributed by atoms with E-state index in [1.807, 2.05) is 30.3 Å². The molecule has 4 saturated carbocycles. The van der Waals surface area contributed by atoms with Crippen LogP contribution in [0.15, 0.2) is 146 Å². The molecule has 6 aliphatic rings. The van der Waals surface area contributed by atoms with Crippen LogP contribution in [0.4, 0.5) is 17.1 Å². The Labute approximate surface area is 334 Å². The first-order chi connectivity index (χ1) is 27.9. The Balaban J connectivity index is 1.00. The number of para-hydroxylation sites is 4. The van der Waals surface area contributed by atoms with Gasteiger partial charge in [-0.05, 0) is 133 Å². The average molecular weight is 741 g/mol. The largest absolute Gasteiger partial charge is 0.453 e. The fraction of sp³-hybridized carbons (Fsp3) is 0.250. The van der Waals surface area contributed by atoms with Gasteiger partial charge in [0, 0.05) is 33.2 Å². The standard InChI is InChI=1S/C52H44N4O/c1-51(2)40-14-6-7-15-42(40)52(37-27-32-26-33(29-37)30-38(52)28-32)43-31-36(22-25-41(43)51)50-54-48(34-12-4-3-5-13-34)53-49(55-50)35-20-23-39(24-21-35)56-44-16-8-10-18-46(44)57-47-19-11-9-17-45(47)56/h3-25,31-33,37-38H,26-30H2,1-2H3. The summed E-state index contributed by atoms with van der Waals surface area (Å²) in [5.74, 6) is 6.83. The molecule has 6 aromatic carbocycles. The highest BCUT2D eigenvalue weighted by Crippen LogP contribution is 2.68. The minimum atomic E-state index is -0.104. The number of anilines is 3. The molecule has 5 nitrogen and oxygen atoms in total. The van der Waals surface area contributed by atoms with Gasteiger partial charge in [0.1, 0.15) is 0 Å². The lowest BCUT2D eigenvalue weighted by Gasteiger charge is -2.64. The Hall–Kier alpha value is -6.07. The Morgan fingerprint density at radius 1 is 0.474 bits per heavy atom. The van der Waals surface area contributed by atoms with E-state index in [0.717, 1.165) is 62.9 Å². The zero-order valence-electron chi connectivity index (χ0n) is 32.4. The normalized spacial score (nSPS) is 24.3. The van der Waals surface area contributed by atoms with Crippen LogP contribution >= 0.6 is 0 Å². The minimum absolute atomic E-state index is 0.0234. The van der Waals surface area contributed by atoms with Crippen molar-refractivity contribution in [3.63, 3.8) is 0 Å². The quantitative estimate of drug-likeness (QED) is 0.180. The van der Waals surface area contributed by atoms with Crippen LogP contribution in [0.25, 0.3) is 34.2 Å². The van der Waals surface area contributed by atoms with Gasteiger partial charge in [-0.1, -0.05) is 105 Å². The van der Waals surface area contributed by atoms with Gasteiger partial charge in [0.2, 0.25) is 0 Å². The zero-order valence-corrected chi connectivity index (χ0v) is 32.4. The number of fused-ring (bicyclic) bond motifs is 4. The highest BCUT2D eigenvalue weighted by molar-refractivity contribution is 5.86. The first kappa shape index (κ1) is 33.1. The molecule has 7 aromatic rings. The number of nitrogens with zero attached hydrogens (tertiary/aromatic N) is 4. The maximum Gasteiger partial charge on any atom is 0.164 e. The molecule has 0 amide bonds. The van der Waals surface area contributed by atoms with E-state index in [1.165, 1.54) is 48.8 Å². The lowest BCUT2D eigenvalue weighted by molar-refractivity contribution is -0.0443. The van der Waals surface area contributed by atoms with Gasteiger partial charge < -0.3 is 9.64 Å². The third-order valence-electron chi connectivity index (χ3n) is 14.4. The Morgan fingerprint density at radius 3 is 1.60 bits per heavy atom. The highest BCUT2D eigenvalue weighted by atomic mass is 16.5. The molecule has 0 N–H and O–H groups in total. The molecule has 5 heteroatoms. The predicted octanol–water partition coefficient (Wildman–Crippen LogP) is 12.8. The van der Waals surface area contributed by atoms with Gasteiger partial charge in [-0.3, -0.25) is 0 Å². The molecular weight excluding hydrogens is 697 g/mol. The van der Waals surface area contributed by atoms with E-state index in [9.17, 15) is 0 Å². The minimum Gasteiger partial charge on any atom is -0.453 e. The first-order valence-electron chi connectivity index (χ1n) is 20.8. The summed E-state index contributed by atoms with van der Waals surface area (Å²) < 4.78 is 6.29. The van der Waals surface area contributed by atoms with Gasteiger partial charge in [0.25, 0.3) is 0 Å². The van der Waals surface area contributed by atoms with Crippen molar-refractivity contribution in [2.45, 2.75) is 56.8 Å². The second kappa shape index (κ2) is 12.2. The van der Waals surface area contributed by atoms with Crippen molar-refractivity contribution in [2.24, 2.45) is 23.7 Å². The number of benzene rings is 6. The lowest BCUT2D eigenvalue weighted by atomic mass is 9.39. The first-order valence-corrected chi connectivity index (χ1v) is 20.8. The van der Waals surface area contributed by atoms with E-state index >= 15 is 0 Å². The number of aromatic nitrogens is 3. The van der Waals surface area contributed by atoms with E-state index in [0.29, 0.717) is 23.5 Å². The molecule has 1 aliphatic heterocycles. The molecule has 0 atom stereocenters. The van der Waals surface area contributed by atoms with Gasteiger partial charge in [-0.25, -0.2) is 15.0 Å². The number of hydrogen-bond acceptors (Lipinski definition) is 5. The molecule has 2 heterocycles. The molecule has 57 heavy (non-hydrogen) atoms. The Morgan fingerprint density at radius 2 is 0.965 bits per heavy atom. The number of hydrogen-bond donors (Lipinski definition) is 0. The van der Waals surface area contributed by atoms with E-state index in [-0.39, 0.29) is 10.8 Å². The molecule has 278 valence electrons. The van der Waals surface area contributed by atoms with Crippen LogP contribution in [0.3, 0.4) is 0 Å². The number of ether oxygens (including phenoxy) is 1. The van der Waals surface area contributed by atoms with Gasteiger partial charge in [0.15, 0.2) is 29.0 Å². The van der Waals surface area contributed by atoms with Crippen LogP contribution in [-0.2, 0) is 10.8 Å². The van der Waals surface area contributed by atoms with E-state index in [4.69, 9.17) is 19.7 Å². The fourth-order valence-corrected chi connectivity index (χ4v) is 12.1. The second-order valence-corrected chi connectivity index (χ2v) is 17.7. The summed E-state index contributed by atoms with van der Waals surface area (Å²) in [7, 11) is 0. The SMILES string of the molecule is CC1(C)c2ccccc2C2(c3cc(-c4nc(-c5ccccc5)nc(-c5ccc(N6c7ccccc7Oc7ccccc76)cc5)n4)ccc31)C1CC3CC(C1)CC2C3. The Bertz CT molecular complexity index is 2650. The molecule has 0 radical (unpaired) electrons. The van der Waals surface area contributed by atoms with Crippen molar-refractivity contribution in [1.29, 1.82) is 0 Å². The highest BCUT2D eigenvalue weighted by Gasteiger charge is 2.62. The topological polar surface area (TPSA) is 51.1 Å². The maximum atomic E-state index is 6.29. The zero-order chi connectivity index (χ0) is 37.9. The van der Waals surface area contributed by atoms with Crippen molar-refractivity contribution >= 4 is 17.1 Å². The molecule has 5 aliphatic carbocycles. The van der Waals surface area contributed by atoms with Gasteiger partial charge in [0.05, 0.1) is 11.4 Å². The van der Waals surface area contributed by atoms with Crippen molar-refractivity contribution in [3.8, 4) is 45.7 Å². The predicted molar refractivity (Wildman–Crippen MR) is 227 cm³/mol. The van der Waals surface area contributed by atoms with E-state index < -0.39 is 0 Å². The fourth-order valence-electron chi connectivity index (χ4n) is 12.1. The van der Waals surface area contributed by atoms with Crippen LogP contribution in [0.1, 0.15) is 68.2 Å². The van der Waals surface area contributed by atoms with Gasteiger partial charge in [-0.15, -0.1) is 0 Å². The smallest absolute Gasteiger partial charge is 0.164 e. The van der Waals surface area contributed by atoms with E-state index in [1.54, 1.807) is 5.56 Å². The molecule has 1 spiro atoms. The summed E-state index contributed by atoms with van der Waals surface area (Å²) in [5, 5.41) is 0. The monoisotopic (exact) mass is 740 g/mol. The summed E-state index contributed by atoms with van der Waals surface area (Å²) in [6.07, 6.45) is 6.81. The van der Waals surface area contributed by atoms with Crippen LogP contribution < -0.4 is 9.64 Å². The summed E-state index contributed by atoms with van der Waals surface area (Å²) in [6, 6.07) is 52.0. The summed E-state index contributed by atoms with van der Waals surface area (Å²) in [4.78, 5) is 18.0. The van der Waals surface area contributed by atoms with Crippen LogP contribution in [0.5, 0.6) is 11.5 Å². The lowest BCUT2D eigenvalue weighted by Crippen LogP contribution is -2.58. The van der Waals surface area contributed by atoms with Crippen molar-refractivity contribution in [1.82, 2.24) is 15.0 Å². The summed E-state index contributed by atoms with van der Waals surface area (Å²) in [5.41, 5.74) is 12.1. The molecule has 0 saturated heterocycles. The van der Waals surface area contributed by atoms with Crippen molar-refractivity contribution < 1.29 is 4.74 Å².